The summed E-state index contributed by atoms with van der Waals surface area (Å²) in [6.07, 6.45) is 0. The highest BCUT2D eigenvalue weighted by atomic mass is 16.5. The Morgan fingerprint density at radius 3 is 2.05 bits per heavy atom. The minimum Gasteiger partial charge on any atom is -0.439 e. The summed E-state index contributed by atoms with van der Waals surface area (Å²) in [5.74, 6) is -1.08. The van der Waals surface area contributed by atoms with Crippen LogP contribution in [0.4, 0.5) is 0 Å². The molecule has 1 aliphatic heterocycles. The Hall–Kier alpha value is -2.81. The second kappa shape index (κ2) is 3.85. The van der Waals surface area contributed by atoms with Gasteiger partial charge in [-0.3, -0.25) is 15.6 Å². The molecule has 0 radical (unpaired) electrons. The van der Waals surface area contributed by atoms with Crippen molar-refractivity contribution in [2.75, 3.05) is 0 Å². The molecule has 9 nitrogen and oxygen atoms in total. The summed E-state index contributed by atoms with van der Waals surface area (Å²) in [6, 6.07) is -0.920. The van der Waals surface area contributed by atoms with Gasteiger partial charge in [0.05, 0.1) is 22.7 Å². The Morgan fingerprint density at radius 2 is 1.58 bits per heavy atom. The lowest BCUT2D eigenvalue weighted by Crippen LogP contribution is -2.36. The second-order valence-electron chi connectivity index (χ2n) is 4.05. The summed E-state index contributed by atoms with van der Waals surface area (Å²) in [6.45, 7) is 0. The Kier molecular flexibility index (Phi) is 2.56. The minimum absolute atomic E-state index is 0.0253. The number of ether oxygens (including phenoxy) is 1. The zero-order valence-corrected chi connectivity index (χ0v) is 9.78. The summed E-state index contributed by atoms with van der Waals surface area (Å²) in [5.41, 5.74) is 27.1. The van der Waals surface area contributed by atoms with E-state index in [-0.39, 0.29) is 40.0 Å². The molecule has 0 saturated heterocycles. The van der Waals surface area contributed by atoms with Crippen molar-refractivity contribution in [2.24, 2.45) is 28.7 Å². The first-order chi connectivity index (χ1) is 8.77. The summed E-state index contributed by atoms with van der Waals surface area (Å²) < 4.78 is 5.10. The number of Topliss-reactive ketones (excluding diaryl/α,β-unsaturated/α-hetero) is 1. The van der Waals surface area contributed by atoms with Gasteiger partial charge in [0.15, 0.2) is 5.76 Å². The van der Waals surface area contributed by atoms with Crippen molar-refractivity contribution in [3.05, 3.63) is 34.1 Å². The van der Waals surface area contributed by atoms with Gasteiger partial charge in [-0.1, -0.05) is 0 Å². The SMILES string of the molecule is N=C1C(=O)C(N)=C(N)C(C2=C(N)C(N)C(=N)O2)=C1N. The predicted octanol–water partition coefficient (Wildman–Crippen LogP) is -2.56. The average molecular weight is 263 g/mol. The largest absolute Gasteiger partial charge is 0.439 e. The van der Waals surface area contributed by atoms with Crippen LogP contribution in [-0.4, -0.2) is 23.4 Å². The molecule has 1 unspecified atom stereocenters. The minimum atomic E-state index is -0.920. The molecule has 2 aliphatic rings. The molecular formula is C10H13N7O2. The van der Waals surface area contributed by atoms with Crippen molar-refractivity contribution in [1.82, 2.24) is 0 Å². The van der Waals surface area contributed by atoms with E-state index in [4.69, 9.17) is 44.2 Å². The molecule has 0 fully saturated rings. The van der Waals surface area contributed by atoms with E-state index in [9.17, 15) is 4.79 Å². The van der Waals surface area contributed by atoms with Crippen LogP contribution in [0, 0.1) is 10.8 Å². The Morgan fingerprint density at radius 1 is 1.00 bits per heavy atom. The summed E-state index contributed by atoms with van der Waals surface area (Å²) in [7, 11) is 0. The molecule has 0 aromatic carbocycles. The van der Waals surface area contributed by atoms with Crippen LogP contribution in [0.25, 0.3) is 0 Å². The Bertz CT molecular complexity index is 626. The van der Waals surface area contributed by atoms with Gasteiger partial charge >= 0.3 is 0 Å². The summed E-state index contributed by atoms with van der Waals surface area (Å²) in [4.78, 5) is 11.6. The second-order valence-corrected chi connectivity index (χ2v) is 4.05. The van der Waals surface area contributed by atoms with Crippen molar-refractivity contribution in [3.8, 4) is 0 Å². The van der Waals surface area contributed by atoms with E-state index < -0.39 is 17.5 Å². The lowest BCUT2D eigenvalue weighted by Gasteiger charge is -2.20. The monoisotopic (exact) mass is 263 g/mol. The molecule has 0 bridgehead atoms. The van der Waals surface area contributed by atoms with Crippen LogP contribution in [0.15, 0.2) is 34.1 Å². The summed E-state index contributed by atoms with van der Waals surface area (Å²) >= 11 is 0. The van der Waals surface area contributed by atoms with Gasteiger partial charge in [-0.05, 0) is 0 Å². The number of ketones is 1. The van der Waals surface area contributed by atoms with Gasteiger partial charge in [0.25, 0.3) is 0 Å². The van der Waals surface area contributed by atoms with E-state index in [1.165, 1.54) is 0 Å². The van der Waals surface area contributed by atoms with E-state index in [0.717, 1.165) is 0 Å². The van der Waals surface area contributed by atoms with Crippen molar-refractivity contribution >= 4 is 17.4 Å². The van der Waals surface area contributed by atoms with Gasteiger partial charge in [-0.2, -0.15) is 0 Å². The molecular weight excluding hydrogens is 250 g/mol. The number of rotatable bonds is 1. The first-order valence-corrected chi connectivity index (χ1v) is 5.18. The zero-order chi connectivity index (χ0) is 14.5. The third-order valence-corrected chi connectivity index (χ3v) is 2.89. The molecule has 19 heavy (non-hydrogen) atoms. The van der Waals surface area contributed by atoms with Crippen LogP contribution < -0.4 is 28.7 Å². The molecule has 0 spiro atoms. The normalized spacial score (nSPS) is 24.5. The van der Waals surface area contributed by atoms with Gasteiger partial charge < -0.3 is 33.4 Å². The molecule has 12 N–H and O–H groups in total. The van der Waals surface area contributed by atoms with Crippen LogP contribution >= 0.6 is 0 Å². The van der Waals surface area contributed by atoms with E-state index in [1.54, 1.807) is 0 Å². The molecule has 1 aliphatic carbocycles. The van der Waals surface area contributed by atoms with Gasteiger partial charge in [0.2, 0.25) is 11.7 Å². The van der Waals surface area contributed by atoms with Crippen molar-refractivity contribution in [1.29, 1.82) is 10.8 Å². The van der Waals surface area contributed by atoms with Crippen LogP contribution in [0.5, 0.6) is 0 Å². The van der Waals surface area contributed by atoms with E-state index in [2.05, 4.69) is 0 Å². The number of carbonyl (C=O) groups excluding carboxylic acids is 1. The number of hydrogen-bond donors (Lipinski definition) is 7. The number of carbonyl (C=O) groups is 1. The maximum Gasteiger partial charge on any atom is 0.230 e. The predicted molar refractivity (Wildman–Crippen MR) is 67.3 cm³/mol. The molecule has 0 aromatic heterocycles. The highest BCUT2D eigenvalue weighted by Gasteiger charge is 2.37. The van der Waals surface area contributed by atoms with Gasteiger partial charge in [-0.15, -0.1) is 0 Å². The van der Waals surface area contributed by atoms with Crippen molar-refractivity contribution in [2.45, 2.75) is 6.04 Å². The fourth-order valence-corrected chi connectivity index (χ4v) is 1.74. The lowest BCUT2D eigenvalue weighted by molar-refractivity contribution is -0.109. The number of nitrogens with one attached hydrogen (secondary N) is 2. The quantitative estimate of drug-likeness (QED) is 0.251. The Labute approximate surface area is 107 Å². The van der Waals surface area contributed by atoms with E-state index in [0.29, 0.717) is 0 Å². The number of hydrogen-bond acceptors (Lipinski definition) is 9. The third-order valence-electron chi connectivity index (χ3n) is 2.89. The summed E-state index contributed by atoms with van der Waals surface area (Å²) in [5, 5.41) is 15.0. The maximum absolute atomic E-state index is 11.6. The number of nitrogens with two attached hydrogens (primary N) is 5. The first-order valence-electron chi connectivity index (χ1n) is 5.18. The molecule has 100 valence electrons. The highest BCUT2D eigenvalue weighted by molar-refractivity contribution is 6.51. The fraction of sp³-hybridized carbons (Fsp3) is 0.100. The van der Waals surface area contributed by atoms with Gasteiger partial charge in [0.1, 0.15) is 17.5 Å². The third kappa shape index (κ3) is 1.56. The first kappa shape index (κ1) is 12.6. The Balaban J connectivity index is 2.66. The molecule has 0 saturated carbocycles. The van der Waals surface area contributed by atoms with Crippen LogP contribution in [0.1, 0.15) is 0 Å². The molecule has 0 aromatic rings. The highest BCUT2D eigenvalue weighted by Crippen LogP contribution is 2.31. The number of allylic oxidation sites excluding steroid dienone is 2. The van der Waals surface area contributed by atoms with Crippen LogP contribution in [0.2, 0.25) is 0 Å². The average Bonchev–Trinajstić information content (AvgIpc) is 2.62. The smallest absolute Gasteiger partial charge is 0.230 e. The molecule has 1 heterocycles. The van der Waals surface area contributed by atoms with Gasteiger partial charge in [-0.25, -0.2) is 0 Å². The van der Waals surface area contributed by atoms with E-state index >= 15 is 0 Å². The lowest BCUT2D eigenvalue weighted by atomic mass is 9.93. The fourth-order valence-electron chi connectivity index (χ4n) is 1.74. The van der Waals surface area contributed by atoms with E-state index in [1.807, 2.05) is 0 Å². The molecule has 0 amide bonds. The molecule has 1 atom stereocenters. The van der Waals surface area contributed by atoms with Crippen LogP contribution in [-0.2, 0) is 9.53 Å². The van der Waals surface area contributed by atoms with Crippen molar-refractivity contribution in [3.63, 3.8) is 0 Å². The molecule has 9 heteroatoms. The standard InChI is InChI=1S/C10H13N7O2/c11-2-1(3(12)5(14)8(18)4(2)13)9-6(15)7(16)10(17)19-9/h7,13,17H,11-12,14-16H2. The zero-order valence-electron chi connectivity index (χ0n) is 9.78. The van der Waals surface area contributed by atoms with Gasteiger partial charge in [0, 0.05) is 0 Å². The topological polar surface area (TPSA) is 204 Å². The molecule has 2 rings (SSSR count). The van der Waals surface area contributed by atoms with Crippen molar-refractivity contribution < 1.29 is 9.53 Å². The van der Waals surface area contributed by atoms with Crippen LogP contribution in [0.3, 0.4) is 0 Å². The maximum atomic E-state index is 11.6.